The van der Waals surface area contributed by atoms with E-state index in [0.29, 0.717) is 18.6 Å². The van der Waals surface area contributed by atoms with Gasteiger partial charge in [0.25, 0.3) is 0 Å². The van der Waals surface area contributed by atoms with E-state index in [1.807, 2.05) is 48.5 Å². The van der Waals surface area contributed by atoms with Crippen LogP contribution < -0.4 is 15.4 Å². The van der Waals surface area contributed by atoms with Crippen molar-refractivity contribution < 1.29 is 19.1 Å². The molecule has 135 valence electrons. The molecular formula is C20H20N2NaO4. The van der Waals surface area contributed by atoms with Gasteiger partial charge in [-0.1, -0.05) is 48.5 Å². The molecule has 27 heavy (non-hydrogen) atoms. The van der Waals surface area contributed by atoms with Gasteiger partial charge in [-0.25, -0.2) is 4.79 Å². The molecule has 1 saturated heterocycles. The number of hydrogen-bond donors (Lipinski definition) is 2. The van der Waals surface area contributed by atoms with Gasteiger partial charge in [0.05, 0.1) is 6.61 Å². The summed E-state index contributed by atoms with van der Waals surface area (Å²) in [5.74, 6) is -0.476. The second-order valence-electron chi connectivity index (χ2n) is 6.22. The van der Waals surface area contributed by atoms with Crippen LogP contribution in [0.25, 0.3) is 0 Å². The Morgan fingerprint density at radius 3 is 1.93 bits per heavy atom. The number of aryl methyl sites for hydroxylation is 1. The summed E-state index contributed by atoms with van der Waals surface area (Å²) < 4.78 is 5.66. The number of carbonyl (C=O) groups is 3. The monoisotopic (exact) mass is 375 g/mol. The van der Waals surface area contributed by atoms with E-state index in [0.717, 1.165) is 5.56 Å². The van der Waals surface area contributed by atoms with Crippen molar-refractivity contribution in [3.63, 3.8) is 0 Å². The molecule has 4 amide bonds. The predicted molar refractivity (Wildman–Crippen MR) is 101 cm³/mol. The van der Waals surface area contributed by atoms with Crippen LogP contribution in [0.2, 0.25) is 0 Å². The second kappa shape index (κ2) is 9.69. The molecule has 0 bridgehead atoms. The number of rotatable bonds is 7. The predicted octanol–water partition coefficient (Wildman–Crippen LogP) is 2.06. The number of imide groups is 2. The Bertz CT molecular complexity index is 776. The van der Waals surface area contributed by atoms with Crippen LogP contribution in [0.4, 0.5) is 4.79 Å². The topological polar surface area (TPSA) is 84.5 Å². The van der Waals surface area contributed by atoms with Crippen molar-refractivity contribution in [3.05, 3.63) is 66.2 Å². The van der Waals surface area contributed by atoms with Gasteiger partial charge in [0.15, 0.2) is 0 Å². The maximum Gasteiger partial charge on any atom is 0.328 e. The van der Waals surface area contributed by atoms with Gasteiger partial charge in [0.2, 0.25) is 11.8 Å². The summed E-state index contributed by atoms with van der Waals surface area (Å²) >= 11 is 0. The summed E-state index contributed by atoms with van der Waals surface area (Å²) in [6, 6.07) is 18.0. The number of barbiturate groups is 1. The molecule has 7 heteroatoms. The minimum atomic E-state index is -1.33. The summed E-state index contributed by atoms with van der Waals surface area (Å²) in [5, 5.41) is 4.44. The number of ether oxygens (including phenoxy) is 1. The van der Waals surface area contributed by atoms with E-state index < -0.39 is 23.3 Å². The molecule has 0 spiro atoms. The van der Waals surface area contributed by atoms with Gasteiger partial charge < -0.3 is 4.74 Å². The van der Waals surface area contributed by atoms with E-state index in [1.54, 1.807) is 12.1 Å². The van der Waals surface area contributed by atoms with Gasteiger partial charge in [-0.05, 0) is 30.5 Å². The maximum atomic E-state index is 12.6. The number of urea groups is 1. The molecular weight excluding hydrogens is 355 g/mol. The van der Waals surface area contributed by atoms with Crippen LogP contribution in [0.5, 0.6) is 5.75 Å². The zero-order valence-electron chi connectivity index (χ0n) is 15.2. The fourth-order valence-electron chi connectivity index (χ4n) is 3.02. The van der Waals surface area contributed by atoms with Gasteiger partial charge >= 0.3 is 6.03 Å². The van der Waals surface area contributed by atoms with Gasteiger partial charge in [-0.15, -0.1) is 0 Å². The number of nitrogens with one attached hydrogen (secondary N) is 2. The minimum Gasteiger partial charge on any atom is -0.494 e. The summed E-state index contributed by atoms with van der Waals surface area (Å²) in [5.41, 5.74) is -0.313. The van der Waals surface area contributed by atoms with Crippen LogP contribution in [0.15, 0.2) is 60.7 Å². The Morgan fingerprint density at radius 2 is 1.33 bits per heavy atom. The molecule has 0 unspecified atom stereocenters. The Hall–Kier alpha value is -2.15. The molecule has 1 aliphatic rings. The normalized spacial score (nSPS) is 15.3. The van der Waals surface area contributed by atoms with Crippen LogP contribution in [-0.4, -0.2) is 54.0 Å². The van der Waals surface area contributed by atoms with Crippen LogP contribution >= 0.6 is 0 Å². The van der Waals surface area contributed by atoms with Crippen molar-refractivity contribution in [2.24, 2.45) is 5.41 Å². The zero-order valence-corrected chi connectivity index (χ0v) is 17.2. The van der Waals surface area contributed by atoms with Gasteiger partial charge in [-0.3, -0.25) is 20.2 Å². The largest absolute Gasteiger partial charge is 0.494 e. The average Bonchev–Trinajstić information content (AvgIpc) is 2.65. The molecule has 1 radical (unpaired) electrons. The van der Waals surface area contributed by atoms with Crippen molar-refractivity contribution in [1.29, 1.82) is 0 Å². The first kappa shape index (κ1) is 21.2. The number of hydrogen-bond acceptors (Lipinski definition) is 4. The fraction of sp³-hybridized carbons (Fsp3) is 0.250. The molecule has 0 aliphatic carbocycles. The first-order valence-corrected chi connectivity index (χ1v) is 8.49. The average molecular weight is 375 g/mol. The minimum absolute atomic E-state index is 0. The van der Waals surface area contributed by atoms with E-state index in [-0.39, 0.29) is 42.6 Å². The van der Waals surface area contributed by atoms with Gasteiger partial charge in [0, 0.05) is 36.0 Å². The molecule has 2 aromatic carbocycles. The van der Waals surface area contributed by atoms with Crippen molar-refractivity contribution in [1.82, 2.24) is 10.6 Å². The van der Waals surface area contributed by atoms with E-state index >= 15 is 0 Å². The van der Waals surface area contributed by atoms with Crippen molar-refractivity contribution in [2.45, 2.75) is 19.3 Å². The molecule has 0 saturated carbocycles. The molecule has 2 aromatic rings. The molecule has 2 N–H and O–H groups in total. The third kappa shape index (κ3) is 5.19. The van der Waals surface area contributed by atoms with Crippen molar-refractivity contribution >= 4 is 47.4 Å². The van der Waals surface area contributed by atoms with E-state index in [9.17, 15) is 14.4 Å². The SMILES string of the molecule is O=C1NC(=O)C(CCOc2ccccc2)(CCc2ccccc2)C(=O)N1.[Na]. The van der Waals surface area contributed by atoms with E-state index in [4.69, 9.17) is 4.74 Å². The Balaban J connectivity index is 0.00000261. The molecule has 6 nitrogen and oxygen atoms in total. The van der Waals surface area contributed by atoms with Crippen LogP contribution in [-0.2, 0) is 16.0 Å². The Morgan fingerprint density at radius 1 is 0.778 bits per heavy atom. The number of benzene rings is 2. The van der Waals surface area contributed by atoms with Gasteiger partial charge in [0.1, 0.15) is 11.2 Å². The molecule has 0 aromatic heterocycles. The molecule has 1 heterocycles. The molecule has 1 aliphatic heterocycles. The summed E-state index contributed by atoms with van der Waals surface area (Å²) in [6.45, 7) is 0.188. The Labute approximate surface area is 180 Å². The van der Waals surface area contributed by atoms with E-state index in [2.05, 4.69) is 10.6 Å². The number of amides is 4. The number of carbonyl (C=O) groups excluding carboxylic acids is 3. The van der Waals surface area contributed by atoms with Crippen LogP contribution in [0, 0.1) is 5.41 Å². The van der Waals surface area contributed by atoms with E-state index in [1.165, 1.54) is 0 Å². The summed E-state index contributed by atoms with van der Waals surface area (Å²) in [6.07, 6.45) is 1.01. The Kier molecular flexibility index (Phi) is 7.59. The first-order valence-electron chi connectivity index (χ1n) is 8.49. The summed E-state index contributed by atoms with van der Waals surface area (Å²) in [7, 11) is 0. The first-order chi connectivity index (χ1) is 12.6. The number of para-hydroxylation sites is 1. The zero-order chi connectivity index (χ0) is 18.4. The quantitative estimate of drug-likeness (QED) is 0.573. The van der Waals surface area contributed by atoms with Gasteiger partial charge in [-0.2, -0.15) is 0 Å². The fourth-order valence-corrected chi connectivity index (χ4v) is 3.02. The maximum absolute atomic E-state index is 12.6. The smallest absolute Gasteiger partial charge is 0.328 e. The standard InChI is InChI=1S/C20H20N2O4.Na/c23-17-20(18(24)22-19(25)21-17,12-11-15-7-3-1-4-8-15)13-14-26-16-9-5-2-6-10-16;/h1-10H,11-14H2,(H2,21,22,23,24,25);. The molecule has 3 rings (SSSR count). The van der Waals surface area contributed by atoms with Crippen LogP contribution in [0.1, 0.15) is 18.4 Å². The van der Waals surface area contributed by atoms with Crippen LogP contribution in [0.3, 0.4) is 0 Å². The van der Waals surface area contributed by atoms with Crippen molar-refractivity contribution in [3.8, 4) is 5.75 Å². The molecule has 0 atom stereocenters. The summed E-state index contributed by atoms with van der Waals surface area (Å²) in [4.78, 5) is 36.6. The third-order valence-corrected chi connectivity index (χ3v) is 4.55. The molecule has 1 fully saturated rings. The second-order valence-corrected chi connectivity index (χ2v) is 6.22. The van der Waals surface area contributed by atoms with Crippen molar-refractivity contribution in [2.75, 3.05) is 6.61 Å². The third-order valence-electron chi connectivity index (χ3n) is 4.55.